The van der Waals surface area contributed by atoms with Crippen LogP contribution in [0.25, 0.3) is 0 Å². The van der Waals surface area contributed by atoms with Crippen molar-refractivity contribution in [1.82, 2.24) is 0 Å². The van der Waals surface area contributed by atoms with E-state index in [2.05, 4.69) is 6.92 Å². The summed E-state index contributed by atoms with van der Waals surface area (Å²) in [6.07, 6.45) is 0.944. The molecule has 0 aliphatic carbocycles. The van der Waals surface area contributed by atoms with Gasteiger partial charge in [0, 0.05) is 0 Å². The second kappa shape index (κ2) is 6.28. The summed E-state index contributed by atoms with van der Waals surface area (Å²) in [6, 6.07) is 7.52. The topological polar surface area (TPSA) is 52.3 Å². The lowest BCUT2D eigenvalue weighted by Gasteiger charge is -2.08. The molecule has 0 aliphatic heterocycles. The van der Waals surface area contributed by atoms with E-state index < -0.39 is 0 Å². The number of benzene rings is 1. The second-order valence-corrected chi connectivity index (χ2v) is 3.96. The molecule has 2 N–H and O–H groups in total. The second-order valence-electron chi connectivity index (χ2n) is 3.96. The summed E-state index contributed by atoms with van der Waals surface area (Å²) >= 11 is 0. The molecule has 0 heterocycles. The molecule has 1 aromatic rings. The van der Waals surface area contributed by atoms with Crippen LogP contribution in [0.4, 0.5) is 0 Å². The SMILES string of the molecule is CCOC(=O)c1ccc(CC(C)CN)cc1. The van der Waals surface area contributed by atoms with E-state index in [9.17, 15) is 4.79 Å². The number of esters is 1. The van der Waals surface area contributed by atoms with E-state index in [1.165, 1.54) is 5.56 Å². The molecule has 1 unspecified atom stereocenters. The van der Waals surface area contributed by atoms with Crippen molar-refractivity contribution in [2.45, 2.75) is 20.3 Å². The maximum absolute atomic E-state index is 11.4. The third-order valence-corrected chi connectivity index (χ3v) is 2.45. The number of carbonyl (C=O) groups is 1. The van der Waals surface area contributed by atoms with Crippen LogP contribution < -0.4 is 5.73 Å². The first kappa shape index (κ1) is 12.7. The Hall–Kier alpha value is -1.35. The lowest BCUT2D eigenvalue weighted by Crippen LogP contribution is -2.13. The van der Waals surface area contributed by atoms with E-state index in [0.29, 0.717) is 24.6 Å². The lowest BCUT2D eigenvalue weighted by atomic mass is 10.0. The normalized spacial score (nSPS) is 12.2. The average molecular weight is 221 g/mol. The number of nitrogens with two attached hydrogens (primary N) is 1. The van der Waals surface area contributed by atoms with Crippen LogP contribution in [0, 0.1) is 5.92 Å². The molecule has 16 heavy (non-hydrogen) atoms. The monoisotopic (exact) mass is 221 g/mol. The molecule has 88 valence electrons. The molecule has 0 fully saturated rings. The molecule has 1 aromatic carbocycles. The van der Waals surface area contributed by atoms with E-state index in [-0.39, 0.29) is 5.97 Å². The Kier molecular flexibility index (Phi) is 4.99. The molecule has 3 nitrogen and oxygen atoms in total. The Morgan fingerprint density at radius 1 is 1.38 bits per heavy atom. The molecular weight excluding hydrogens is 202 g/mol. The third kappa shape index (κ3) is 3.66. The standard InChI is InChI=1S/C13H19NO2/c1-3-16-13(15)12-6-4-11(5-7-12)8-10(2)9-14/h4-7,10H,3,8-9,14H2,1-2H3. The Morgan fingerprint density at radius 3 is 2.50 bits per heavy atom. The van der Waals surface area contributed by atoms with Gasteiger partial charge in [0.2, 0.25) is 0 Å². The number of hydrogen-bond acceptors (Lipinski definition) is 3. The smallest absolute Gasteiger partial charge is 0.338 e. The highest BCUT2D eigenvalue weighted by Gasteiger charge is 2.06. The van der Waals surface area contributed by atoms with Crippen LogP contribution in [0.3, 0.4) is 0 Å². The summed E-state index contributed by atoms with van der Waals surface area (Å²) in [6.45, 7) is 5.00. The van der Waals surface area contributed by atoms with Crippen molar-refractivity contribution in [3.63, 3.8) is 0 Å². The molecule has 1 rings (SSSR count). The van der Waals surface area contributed by atoms with Crippen LogP contribution in [0.2, 0.25) is 0 Å². The Morgan fingerprint density at radius 2 is 2.00 bits per heavy atom. The molecule has 0 saturated heterocycles. The van der Waals surface area contributed by atoms with Crippen LogP contribution in [0.5, 0.6) is 0 Å². The molecule has 0 amide bonds. The van der Waals surface area contributed by atoms with Crippen molar-refractivity contribution in [3.8, 4) is 0 Å². The zero-order chi connectivity index (χ0) is 12.0. The van der Waals surface area contributed by atoms with Crippen LogP contribution in [-0.2, 0) is 11.2 Å². The molecule has 0 bridgehead atoms. The van der Waals surface area contributed by atoms with E-state index in [1.54, 1.807) is 19.1 Å². The van der Waals surface area contributed by atoms with Gasteiger partial charge in [-0.3, -0.25) is 0 Å². The van der Waals surface area contributed by atoms with Crippen molar-refractivity contribution in [1.29, 1.82) is 0 Å². The van der Waals surface area contributed by atoms with Crippen molar-refractivity contribution in [3.05, 3.63) is 35.4 Å². The van der Waals surface area contributed by atoms with Gasteiger partial charge in [-0.15, -0.1) is 0 Å². The number of rotatable bonds is 5. The van der Waals surface area contributed by atoms with Crippen molar-refractivity contribution < 1.29 is 9.53 Å². The fourth-order valence-corrected chi connectivity index (χ4v) is 1.48. The number of carbonyl (C=O) groups excluding carboxylic acids is 1. The summed E-state index contributed by atoms with van der Waals surface area (Å²) in [5, 5.41) is 0. The molecule has 0 radical (unpaired) electrons. The van der Waals surface area contributed by atoms with Gasteiger partial charge in [0.25, 0.3) is 0 Å². The van der Waals surface area contributed by atoms with Gasteiger partial charge < -0.3 is 10.5 Å². The maximum atomic E-state index is 11.4. The quantitative estimate of drug-likeness (QED) is 0.774. The first-order valence-corrected chi connectivity index (χ1v) is 5.63. The Bertz CT molecular complexity index is 332. The van der Waals surface area contributed by atoms with E-state index >= 15 is 0 Å². The summed E-state index contributed by atoms with van der Waals surface area (Å²) in [5.74, 6) is 0.203. The zero-order valence-electron chi connectivity index (χ0n) is 9.90. The molecular formula is C13H19NO2. The third-order valence-electron chi connectivity index (χ3n) is 2.45. The van der Waals surface area contributed by atoms with Crippen molar-refractivity contribution in [2.24, 2.45) is 11.7 Å². The van der Waals surface area contributed by atoms with Gasteiger partial charge in [-0.25, -0.2) is 4.79 Å². The summed E-state index contributed by atoms with van der Waals surface area (Å²) in [4.78, 5) is 11.4. The number of ether oxygens (including phenoxy) is 1. The van der Waals surface area contributed by atoms with Gasteiger partial charge in [-0.2, -0.15) is 0 Å². The lowest BCUT2D eigenvalue weighted by molar-refractivity contribution is 0.0526. The van der Waals surface area contributed by atoms with Crippen LogP contribution in [-0.4, -0.2) is 19.1 Å². The average Bonchev–Trinajstić information content (AvgIpc) is 2.30. The van der Waals surface area contributed by atoms with E-state index in [0.717, 1.165) is 6.42 Å². The van der Waals surface area contributed by atoms with Gasteiger partial charge >= 0.3 is 5.97 Å². The summed E-state index contributed by atoms with van der Waals surface area (Å²) in [7, 11) is 0. The van der Waals surface area contributed by atoms with Crippen LogP contribution >= 0.6 is 0 Å². The first-order chi connectivity index (χ1) is 7.67. The highest BCUT2D eigenvalue weighted by Crippen LogP contribution is 2.10. The molecule has 0 saturated carbocycles. The Labute approximate surface area is 96.6 Å². The van der Waals surface area contributed by atoms with Gasteiger partial charge in [0.1, 0.15) is 0 Å². The van der Waals surface area contributed by atoms with Crippen molar-refractivity contribution in [2.75, 3.05) is 13.2 Å². The molecule has 0 aliphatic rings. The van der Waals surface area contributed by atoms with E-state index in [1.807, 2.05) is 12.1 Å². The zero-order valence-corrected chi connectivity index (χ0v) is 9.90. The molecule has 0 aromatic heterocycles. The van der Waals surface area contributed by atoms with Gasteiger partial charge in [-0.05, 0) is 43.5 Å². The highest BCUT2D eigenvalue weighted by molar-refractivity contribution is 5.89. The molecule has 0 spiro atoms. The fourth-order valence-electron chi connectivity index (χ4n) is 1.48. The Balaban J connectivity index is 2.64. The highest BCUT2D eigenvalue weighted by atomic mass is 16.5. The summed E-state index contributed by atoms with van der Waals surface area (Å²) < 4.78 is 4.91. The van der Waals surface area contributed by atoms with Crippen LogP contribution in [0.15, 0.2) is 24.3 Å². The van der Waals surface area contributed by atoms with Gasteiger partial charge in [0.15, 0.2) is 0 Å². The minimum atomic E-state index is -0.263. The predicted molar refractivity (Wildman–Crippen MR) is 64.3 cm³/mol. The molecule has 3 heteroatoms. The number of hydrogen-bond donors (Lipinski definition) is 1. The minimum Gasteiger partial charge on any atom is -0.462 e. The molecule has 1 atom stereocenters. The van der Waals surface area contributed by atoms with Gasteiger partial charge in [0.05, 0.1) is 12.2 Å². The van der Waals surface area contributed by atoms with Crippen molar-refractivity contribution >= 4 is 5.97 Å². The maximum Gasteiger partial charge on any atom is 0.338 e. The van der Waals surface area contributed by atoms with E-state index in [4.69, 9.17) is 10.5 Å². The van der Waals surface area contributed by atoms with Crippen LogP contribution in [0.1, 0.15) is 29.8 Å². The fraction of sp³-hybridized carbons (Fsp3) is 0.462. The van der Waals surface area contributed by atoms with Gasteiger partial charge in [-0.1, -0.05) is 19.1 Å². The predicted octanol–water partition coefficient (Wildman–Crippen LogP) is 2.00. The summed E-state index contributed by atoms with van der Waals surface area (Å²) in [5.41, 5.74) is 7.37. The minimum absolute atomic E-state index is 0.263. The largest absolute Gasteiger partial charge is 0.462 e. The first-order valence-electron chi connectivity index (χ1n) is 5.63.